The monoisotopic (exact) mass is 252 g/mol. The Morgan fingerprint density at radius 2 is 2.22 bits per heavy atom. The van der Waals surface area contributed by atoms with Gasteiger partial charge in [-0.1, -0.05) is 0 Å². The number of amides is 1. The number of carbonyl (C=O) groups is 1. The zero-order valence-electron chi connectivity index (χ0n) is 9.44. The molecule has 0 radical (unpaired) electrons. The van der Waals surface area contributed by atoms with Crippen molar-refractivity contribution in [2.75, 3.05) is 11.4 Å². The van der Waals surface area contributed by atoms with E-state index in [0.717, 1.165) is 0 Å². The van der Waals surface area contributed by atoms with E-state index in [2.05, 4.69) is 0 Å². The van der Waals surface area contributed by atoms with E-state index >= 15 is 0 Å². The molecule has 1 saturated heterocycles. The van der Waals surface area contributed by atoms with Crippen LogP contribution >= 0.6 is 0 Å². The van der Waals surface area contributed by atoms with Crippen LogP contribution in [0, 0.1) is 10.1 Å². The van der Waals surface area contributed by atoms with E-state index in [0.29, 0.717) is 5.56 Å². The SMILES string of the molecule is O=C1CC(O)CN1c1cc([N+](=O)[O-])ccc1CO. The fourth-order valence-electron chi connectivity index (χ4n) is 1.97. The van der Waals surface area contributed by atoms with Gasteiger partial charge in [-0.25, -0.2) is 0 Å². The van der Waals surface area contributed by atoms with Crippen LogP contribution in [0.4, 0.5) is 11.4 Å². The summed E-state index contributed by atoms with van der Waals surface area (Å²) in [7, 11) is 0. The van der Waals surface area contributed by atoms with E-state index in [1.165, 1.54) is 23.1 Å². The van der Waals surface area contributed by atoms with Gasteiger partial charge in [-0.2, -0.15) is 0 Å². The Labute approximate surface area is 102 Å². The van der Waals surface area contributed by atoms with Crippen LogP contribution in [0.1, 0.15) is 12.0 Å². The highest BCUT2D eigenvalue weighted by molar-refractivity contribution is 5.97. The molecule has 7 nitrogen and oxygen atoms in total. The van der Waals surface area contributed by atoms with Crippen LogP contribution in [0.3, 0.4) is 0 Å². The van der Waals surface area contributed by atoms with Crippen LogP contribution in [-0.2, 0) is 11.4 Å². The van der Waals surface area contributed by atoms with Gasteiger partial charge in [-0.05, 0) is 6.07 Å². The lowest BCUT2D eigenvalue weighted by Gasteiger charge is -2.18. The number of hydrogen-bond donors (Lipinski definition) is 2. The number of nitro groups is 1. The summed E-state index contributed by atoms with van der Waals surface area (Å²) in [5.41, 5.74) is 0.549. The number of carbonyl (C=O) groups excluding carboxylic acids is 1. The van der Waals surface area contributed by atoms with Crippen LogP contribution in [0.2, 0.25) is 0 Å². The first-order chi connectivity index (χ1) is 8.52. The number of aliphatic hydroxyl groups is 2. The summed E-state index contributed by atoms with van der Waals surface area (Å²) in [6.07, 6.45) is -0.781. The summed E-state index contributed by atoms with van der Waals surface area (Å²) in [5, 5.41) is 29.3. The van der Waals surface area contributed by atoms with Gasteiger partial charge in [0.05, 0.1) is 36.3 Å². The lowest BCUT2D eigenvalue weighted by molar-refractivity contribution is -0.384. The van der Waals surface area contributed by atoms with Crippen LogP contribution in [0.25, 0.3) is 0 Å². The quantitative estimate of drug-likeness (QED) is 0.590. The normalized spacial score (nSPS) is 19.3. The second kappa shape index (κ2) is 4.71. The summed E-state index contributed by atoms with van der Waals surface area (Å²) in [5.74, 6) is -0.308. The molecule has 1 unspecified atom stereocenters. The molecule has 2 rings (SSSR count). The van der Waals surface area contributed by atoms with Crippen molar-refractivity contribution in [2.45, 2.75) is 19.1 Å². The van der Waals surface area contributed by atoms with Crippen molar-refractivity contribution in [3.8, 4) is 0 Å². The maximum absolute atomic E-state index is 11.6. The lowest BCUT2D eigenvalue weighted by atomic mass is 10.1. The Hall–Kier alpha value is -1.99. The predicted molar refractivity (Wildman–Crippen MR) is 62.0 cm³/mol. The molecule has 1 atom stereocenters. The Morgan fingerprint density at radius 1 is 1.50 bits per heavy atom. The minimum absolute atomic E-state index is 0.00639. The maximum atomic E-state index is 11.6. The zero-order valence-corrected chi connectivity index (χ0v) is 9.44. The van der Waals surface area contributed by atoms with Gasteiger partial charge >= 0.3 is 0 Å². The maximum Gasteiger partial charge on any atom is 0.271 e. The molecule has 1 fully saturated rings. The number of non-ortho nitro benzene ring substituents is 1. The molecule has 96 valence electrons. The van der Waals surface area contributed by atoms with Crippen LogP contribution in [0.15, 0.2) is 18.2 Å². The van der Waals surface area contributed by atoms with E-state index in [-0.39, 0.29) is 36.9 Å². The molecular weight excluding hydrogens is 240 g/mol. The van der Waals surface area contributed by atoms with Gasteiger partial charge in [0, 0.05) is 17.7 Å². The highest BCUT2D eigenvalue weighted by Gasteiger charge is 2.31. The molecule has 0 saturated carbocycles. The summed E-state index contributed by atoms with van der Waals surface area (Å²) >= 11 is 0. The summed E-state index contributed by atoms with van der Waals surface area (Å²) < 4.78 is 0. The first kappa shape index (κ1) is 12.5. The van der Waals surface area contributed by atoms with Gasteiger partial charge < -0.3 is 15.1 Å². The third kappa shape index (κ3) is 2.18. The number of rotatable bonds is 3. The highest BCUT2D eigenvalue weighted by atomic mass is 16.6. The Kier molecular flexibility index (Phi) is 3.26. The van der Waals surface area contributed by atoms with E-state index in [1.54, 1.807) is 0 Å². The third-order valence-corrected chi connectivity index (χ3v) is 2.85. The predicted octanol–water partition coefficient (Wildman–Crippen LogP) is 0.185. The smallest absolute Gasteiger partial charge is 0.271 e. The number of aliphatic hydroxyl groups excluding tert-OH is 2. The molecule has 1 amide bonds. The number of nitro benzene ring substituents is 1. The number of β-amino-alcohol motifs (C(OH)–C–C–N with tert-alkyl or cyclic N) is 1. The van der Waals surface area contributed by atoms with Crippen LogP contribution in [-0.4, -0.2) is 33.7 Å². The fourth-order valence-corrected chi connectivity index (χ4v) is 1.97. The van der Waals surface area contributed by atoms with Crippen molar-refractivity contribution >= 4 is 17.3 Å². The molecule has 0 aromatic heterocycles. The van der Waals surface area contributed by atoms with Crippen molar-refractivity contribution in [3.05, 3.63) is 33.9 Å². The average Bonchev–Trinajstić information content (AvgIpc) is 2.67. The van der Waals surface area contributed by atoms with Crippen LogP contribution < -0.4 is 4.90 Å². The number of benzene rings is 1. The molecule has 1 heterocycles. The van der Waals surface area contributed by atoms with Crippen molar-refractivity contribution < 1.29 is 19.9 Å². The van der Waals surface area contributed by atoms with Gasteiger partial charge in [0.2, 0.25) is 5.91 Å². The van der Waals surface area contributed by atoms with Crippen molar-refractivity contribution in [1.29, 1.82) is 0 Å². The standard InChI is InChI=1S/C11H12N2O5/c14-6-7-1-2-8(13(17)18)3-10(7)12-5-9(15)4-11(12)16/h1-3,9,14-15H,4-6H2. The average molecular weight is 252 g/mol. The minimum Gasteiger partial charge on any atom is -0.392 e. The van der Waals surface area contributed by atoms with Gasteiger partial charge in [0.1, 0.15) is 0 Å². The first-order valence-corrected chi connectivity index (χ1v) is 5.39. The van der Waals surface area contributed by atoms with Crippen molar-refractivity contribution in [2.24, 2.45) is 0 Å². The zero-order chi connectivity index (χ0) is 13.3. The third-order valence-electron chi connectivity index (χ3n) is 2.85. The Balaban J connectivity index is 2.44. The number of anilines is 1. The van der Waals surface area contributed by atoms with E-state index in [4.69, 9.17) is 0 Å². The Bertz CT molecular complexity index is 502. The van der Waals surface area contributed by atoms with E-state index < -0.39 is 11.0 Å². The van der Waals surface area contributed by atoms with Crippen molar-refractivity contribution in [1.82, 2.24) is 0 Å². The summed E-state index contributed by atoms with van der Waals surface area (Å²) in [6, 6.07) is 3.92. The summed E-state index contributed by atoms with van der Waals surface area (Å²) in [6.45, 7) is -0.236. The molecule has 18 heavy (non-hydrogen) atoms. The molecule has 0 aliphatic carbocycles. The molecular formula is C11H12N2O5. The second-order valence-corrected chi connectivity index (χ2v) is 4.09. The lowest BCUT2D eigenvalue weighted by Crippen LogP contribution is -2.26. The van der Waals surface area contributed by atoms with Gasteiger partial charge in [0.25, 0.3) is 5.69 Å². The molecule has 1 aromatic carbocycles. The van der Waals surface area contributed by atoms with E-state index in [1.807, 2.05) is 0 Å². The summed E-state index contributed by atoms with van der Waals surface area (Å²) in [4.78, 5) is 23.1. The highest BCUT2D eigenvalue weighted by Crippen LogP contribution is 2.29. The van der Waals surface area contributed by atoms with E-state index in [9.17, 15) is 25.1 Å². The Morgan fingerprint density at radius 3 is 2.72 bits per heavy atom. The first-order valence-electron chi connectivity index (χ1n) is 5.39. The largest absolute Gasteiger partial charge is 0.392 e. The molecule has 0 spiro atoms. The molecule has 7 heteroatoms. The molecule has 0 bridgehead atoms. The number of nitrogens with zero attached hydrogens (tertiary/aromatic N) is 2. The second-order valence-electron chi connectivity index (χ2n) is 4.09. The van der Waals surface area contributed by atoms with Gasteiger partial charge in [-0.15, -0.1) is 0 Å². The molecule has 1 aliphatic heterocycles. The molecule has 2 N–H and O–H groups in total. The van der Waals surface area contributed by atoms with Gasteiger partial charge in [0.15, 0.2) is 0 Å². The van der Waals surface area contributed by atoms with Crippen molar-refractivity contribution in [3.63, 3.8) is 0 Å². The minimum atomic E-state index is -0.775. The number of hydrogen-bond acceptors (Lipinski definition) is 5. The molecule has 1 aromatic rings. The van der Waals surface area contributed by atoms with Crippen LogP contribution in [0.5, 0.6) is 0 Å². The fraction of sp³-hybridized carbons (Fsp3) is 0.364. The van der Waals surface area contributed by atoms with Gasteiger partial charge in [-0.3, -0.25) is 14.9 Å². The topological polar surface area (TPSA) is 104 Å². The molecule has 1 aliphatic rings.